The summed E-state index contributed by atoms with van der Waals surface area (Å²) in [5.74, 6) is -0.983. The summed E-state index contributed by atoms with van der Waals surface area (Å²) in [6, 6.07) is 2.73. The highest BCUT2D eigenvalue weighted by Gasteiger charge is 2.14. The van der Waals surface area contributed by atoms with Gasteiger partial charge in [-0.15, -0.1) is 11.6 Å². The van der Waals surface area contributed by atoms with Gasteiger partial charge in [0, 0.05) is 24.1 Å². The number of nitro groups is 1. The first-order valence-electron chi connectivity index (χ1n) is 4.83. The summed E-state index contributed by atoms with van der Waals surface area (Å²) in [6.45, 7) is 0.340. The van der Waals surface area contributed by atoms with Gasteiger partial charge in [-0.2, -0.15) is 0 Å². The topological polar surface area (TPSA) is 72.2 Å². The van der Waals surface area contributed by atoms with Gasteiger partial charge in [0.1, 0.15) is 5.82 Å². The van der Waals surface area contributed by atoms with Crippen molar-refractivity contribution in [2.24, 2.45) is 0 Å². The molecule has 92 valence electrons. The van der Waals surface area contributed by atoms with Crippen LogP contribution in [0.25, 0.3) is 0 Å². The van der Waals surface area contributed by atoms with E-state index >= 15 is 0 Å². The Morgan fingerprint density at radius 2 is 2.18 bits per heavy atom. The third-order valence-electron chi connectivity index (χ3n) is 1.95. The number of nitrogens with one attached hydrogen (secondary N) is 1. The van der Waals surface area contributed by atoms with Gasteiger partial charge >= 0.3 is 0 Å². The van der Waals surface area contributed by atoms with E-state index in [0.717, 1.165) is 18.2 Å². The molecular weight excluding hydrogens is 251 g/mol. The van der Waals surface area contributed by atoms with Crippen molar-refractivity contribution in [2.75, 3.05) is 12.4 Å². The van der Waals surface area contributed by atoms with Gasteiger partial charge in [0.25, 0.3) is 11.6 Å². The van der Waals surface area contributed by atoms with E-state index in [1.165, 1.54) is 0 Å². The smallest absolute Gasteiger partial charge is 0.273 e. The summed E-state index contributed by atoms with van der Waals surface area (Å²) < 4.78 is 13.0. The molecular formula is C10H10ClFN2O3. The lowest BCUT2D eigenvalue weighted by Gasteiger charge is -2.04. The maximum absolute atomic E-state index is 13.0. The minimum absolute atomic E-state index is 0.0775. The van der Waals surface area contributed by atoms with Crippen LogP contribution >= 0.6 is 11.6 Å². The lowest BCUT2D eigenvalue weighted by atomic mass is 10.2. The largest absolute Gasteiger partial charge is 0.352 e. The van der Waals surface area contributed by atoms with E-state index in [1.807, 2.05) is 0 Å². The molecule has 0 aliphatic rings. The van der Waals surface area contributed by atoms with E-state index in [4.69, 9.17) is 11.6 Å². The average molecular weight is 261 g/mol. The molecule has 0 aliphatic carbocycles. The number of nitro benzene ring substituents is 1. The molecule has 5 nitrogen and oxygen atoms in total. The average Bonchev–Trinajstić information content (AvgIpc) is 2.28. The lowest BCUT2D eigenvalue weighted by Crippen LogP contribution is -2.24. The summed E-state index contributed by atoms with van der Waals surface area (Å²) in [4.78, 5) is 21.2. The molecule has 0 spiro atoms. The Bertz CT molecular complexity index is 440. The number of benzene rings is 1. The van der Waals surface area contributed by atoms with Gasteiger partial charge in [0.15, 0.2) is 0 Å². The Balaban J connectivity index is 2.82. The van der Waals surface area contributed by atoms with Crippen molar-refractivity contribution in [3.8, 4) is 0 Å². The zero-order valence-corrected chi connectivity index (χ0v) is 9.54. The predicted octanol–water partition coefficient (Wildman–Crippen LogP) is 2.09. The normalized spacial score (nSPS) is 10.0. The molecule has 7 heteroatoms. The number of carbonyl (C=O) groups excluding carboxylic acids is 1. The molecule has 0 bridgehead atoms. The number of non-ortho nitro benzene ring substituents is 1. The van der Waals surface area contributed by atoms with Crippen LogP contribution in [-0.2, 0) is 0 Å². The second-order valence-corrected chi connectivity index (χ2v) is 3.63. The number of halogens is 2. The minimum Gasteiger partial charge on any atom is -0.352 e. The van der Waals surface area contributed by atoms with Crippen LogP contribution in [-0.4, -0.2) is 23.3 Å². The van der Waals surface area contributed by atoms with E-state index in [2.05, 4.69) is 5.32 Å². The number of alkyl halides is 1. The van der Waals surface area contributed by atoms with Crippen molar-refractivity contribution in [3.05, 3.63) is 39.7 Å². The number of carbonyl (C=O) groups is 1. The number of hydrogen-bond donors (Lipinski definition) is 1. The molecule has 0 aliphatic heterocycles. The second kappa shape index (κ2) is 6.15. The maximum atomic E-state index is 13.0. The number of hydrogen-bond acceptors (Lipinski definition) is 3. The molecule has 1 aromatic carbocycles. The first-order chi connectivity index (χ1) is 8.04. The van der Waals surface area contributed by atoms with Gasteiger partial charge in [-0.3, -0.25) is 14.9 Å². The first kappa shape index (κ1) is 13.4. The van der Waals surface area contributed by atoms with Crippen molar-refractivity contribution >= 4 is 23.2 Å². The Morgan fingerprint density at radius 3 is 2.76 bits per heavy atom. The monoisotopic (exact) mass is 260 g/mol. The highest BCUT2D eigenvalue weighted by Crippen LogP contribution is 2.16. The van der Waals surface area contributed by atoms with Crippen LogP contribution in [0.3, 0.4) is 0 Å². The molecule has 1 rings (SSSR count). The summed E-state index contributed by atoms with van der Waals surface area (Å²) in [7, 11) is 0. The SMILES string of the molecule is O=C(NCCCCl)c1cc(F)cc([N+](=O)[O-])c1. The standard InChI is InChI=1S/C10H10ClFN2O3/c11-2-1-3-13-10(15)7-4-8(12)6-9(5-7)14(16)17/h4-6H,1-3H2,(H,13,15). The molecule has 0 radical (unpaired) electrons. The zero-order valence-electron chi connectivity index (χ0n) is 8.78. The van der Waals surface area contributed by atoms with Crippen molar-refractivity contribution in [3.63, 3.8) is 0 Å². The quantitative estimate of drug-likeness (QED) is 0.381. The van der Waals surface area contributed by atoms with Gasteiger partial charge in [0.2, 0.25) is 0 Å². The summed E-state index contributed by atoms with van der Waals surface area (Å²) in [6.07, 6.45) is 0.574. The van der Waals surface area contributed by atoms with E-state index in [0.29, 0.717) is 18.8 Å². The Hall–Kier alpha value is -1.69. The third kappa shape index (κ3) is 3.99. The van der Waals surface area contributed by atoms with Crippen molar-refractivity contribution in [2.45, 2.75) is 6.42 Å². The molecule has 0 saturated carbocycles. The van der Waals surface area contributed by atoms with Gasteiger partial charge in [-0.25, -0.2) is 4.39 Å². The summed E-state index contributed by atoms with van der Waals surface area (Å²) in [5.41, 5.74) is -0.529. The van der Waals surface area contributed by atoms with Crippen molar-refractivity contribution in [1.82, 2.24) is 5.32 Å². The number of amides is 1. The summed E-state index contributed by atoms with van der Waals surface area (Å²) in [5, 5.41) is 13.0. The molecule has 1 N–H and O–H groups in total. The van der Waals surface area contributed by atoms with Crippen LogP contribution in [0.5, 0.6) is 0 Å². The predicted molar refractivity (Wildman–Crippen MR) is 60.7 cm³/mol. The molecule has 0 heterocycles. The molecule has 0 unspecified atom stereocenters. The van der Waals surface area contributed by atoms with Crippen molar-refractivity contribution in [1.29, 1.82) is 0 Å². The fourth-order valence-corrected chi connectivity index (χ4v) is 1.32. The fraction of sp³-hybridized carbons (Fsp3) is 0.300. The van der Waals surface area contributed by atoms with Gasteiger partial charge < -0.3 is 5.32 Å². The molecule has 1 aromatic rings. The lowest BCUT2D eigenvalue weighted by molar-refractivity contribution is -0.385. The number of nitrogens with zero attached hydrogens (tertiary/aromatic N) is 1. The highest BCUT2D eigenvalue weighted by atomic mass is 35.5. The zero-order chi connectivity index (χ0) is 12.8. The molecule has 0 aromatic heterocycles. The second-order valence-electron chi connectivity index (χ2n) is 3.25. The third-order valence-corrected chi connectivity index (χ3v) is 2.22. The van der Waals surface area contributed by atoms with Crippen LogP contribution in [0.1, 0.15) is 16.8 Å². The number of rotatable bonds is 5. The van der Waals surface area contributed by atoms with E-state index in [9.17, 15) is 19.3 Å². The van der Waals surface area contributed by atoms with Crippen LogP contribution in [0, 0.1) is 15.9 Å². The fourth-order valence-electron chi connectivity index (χ4n) is 1.18. The van der Waals surface area contributed by atoms with Gasteiger partial charge in [0.05, 0.1) is 11.0 Å². The minimum atomic E-state index is -0.818. The van der Waals surface area contributed by atoms with E-state index in [-0.39, 0.29) is 5.56 Å². The first-order valence-corrected chi connectivity index (χ1v) is 5.37. The van der Waals surface area contributed by atoms with Crippen LogP contribution < -0.4 is 5.32 Å². The maximum Gasteiger partial charge on any atom is 0.273 e. The van der Waals surface area contributed by atoms with E-state index < -0.39 is 22.3 Å². The Morgan fingerprint density at radius 1 is 1.47 bits per heavy atom. The van der Waals surface area contributed by atoms with Crippen LogP contribution in [0.2, 0.25) is 0 Å². The molecule has 0 fully saturated rings. The van der Waals surface area contributed by atoms with Crippen molar-refractivity contribution < 1.29 is 14.1 Å². The summed E-state index contributed by atoms with van der Waals surface area (Å²) >= 11 is 5.42. The van der Waals surface area contributed by atoms with Crippen LogP contribution in [0.4, 0.5) is 10.1 Å². The van der Waals surface area contributed by atoms with Crippen LogP contribution in [0.15, 0.2) is 18.2 Å². The Kier molecular flexibility index (Phi) is 4.84. The highest BCUT2D eigenvalue weighted by molar-refractivity contribution is 6.17. The molecule has 17 heavy (non-hydrogen) atoms. The van der Waals surface area contributed by atoms with Gasteiger partial charge in [-0.05, 0) is 12.5 Å². The van der Waals surface area contributed by atoms with Gasteiger partial charge in [-0.1, -0.05) is 0 Å². The van der Waals surface area contributed by atoms with E-state index in [1.54, 1.807) is 0 Å². The Labute approximate surface area is 102 Å². The molecule has 0 saturated heterocycles. The molecule has 1 amide bonds. The molecule has 0 atom stereocenters.